The highest BCUT2D eigenvalue weighted by Gasteiger charge is 2.14. The molecule has 0 aliphatic carbocycles. The molecule has 1 amide bonds. The fourth-order valence-corrected chi connectivity index (χ4v) is 2.16. The lowest BCUT2D eigenvalue weighted by Gasteiger charge is -2.19. The molecule has 20 heavy (non-hydrogen) atoms. The number of nitrogens with zero attached hydrogens (tertiary/aromatic N) is 1. The summed E-state index contributed by atoms with van der Waals surface area (Å²) >= 11 is 4.90. The molecule has 2 aromatic carbocycles. The van der Waals surface area contributed by atoms with E-state index in [1.54, 1.807) is 36.2 Å². The van der Waals surface area contributed by atoms with Crippen molar-refractivity contribution < 1.29 is 4.79 Å². The Hall–Kier alpha value is -2.20. The predicted octanol–water partition coefficient (Wildman–Crippen LogP) is 2.91. The third-order valence-electron chi connectivity index (χ3n) is 3.20. The summed E-state index contributed by atoms with van der Waals surface area (Å²) in [6.07, 6.45) is 0. The molecule has 0 unspecified atom stereocenters. The van der Waals surface area contributed by atoms with Crippen LogP contribution in [0.1, 0.15) is 21.5 Å². The Labute approximate surface area is 124 Å². The lowest BCUT2D eigenvalue weighted by Crippen LogP contribution is -2.26. The number of anilines is 1. The fraction of sp³-hybridized carbons (Fsp3) is 0.125. The van der Waals surface area contributed by atoms with Crippen LogP contribution in [-0.4, -0.2) is 17.9 Å². The number of rotatable bonds is 3. The van der Waals surface area contributed by atoms with E-state index in [0.29, 0.717) is 10.6 Å². The van der Waals surface area contributed by atoms with Gasteiger partial charge in [0.2, 0.25) is 0 Å². The zero-order valence-electron chi connectivity index (χ0n) is 11.5. The van der Waals surface area contributed by atoms with Gasteiger partial charge in [-0.15, -0.1) is 0 Å². The van der Waals surface area contributed by atoms with E-state index in [1.807, 2.05) is 31.2 Å². The van der Waals surface area contributed by atoms with Crippen LogP contribution in [0.4, 0.5) is 5.69 Å². The van der Waals surface area contributed by atoms with Gasteiger partial charge in [-0.05, 0) is 30.7 Å². The highest BCUT2D eigenvalue weighted by Crippen LogP contribution is 2.20. The maximum Gasteiger partial charge on any atom is 0.258 e. The Morgan fingerprint density at radius 2 is 1.60 bits per heavy atom. The van der Waals surface area contributed by atoms with Crippen molar-refractivity contribution in [3.63, 3.8) is 0 Å². The van der Waals surface area contributed by atoms with E-state index < -0.39 is 0 Å². The van der Waals surface area contributed by atoms with E-state index in [-0.39, 0.29) is 5.91 Å². The van der Waals surface area contributed by atoms with Crippen LogP contribution in [0.2, 0.25) is 0 Å². The summed E-state index contributed by atoms with van der Waals surface area (Å²) in [6.45, 7) is 1.98. The quantitative estimate of drug-likeness (QED) is 0.882. The van der Waals surface area contributed by atoms with Gasteiger partial charge in [-0.3, -0.25) is 4.79 Å². The second-order valence-electron chi connectivity index (χ2n) is 4.59. The summed E-state index contributed by atoms with van der Waals surface area (Å²) in [6, 6.07) is 14.8. The summed E-state index contributed by atoms with van der Waals surface area (Å²) in [5.74, 6) is -0.0613. The summed E-state index contributed by atoms with van der Waals surface area (Å²) in [5.41, 5.74) is 8.87. The number of amides is 1. The molecule has 0 fully saturated rings. The first kappa shape index (κ1) is 14.2. The largest absolute Gasteiger partial charge is 0.389 e. The number of carbonyl (C=O) groups is 1. The van der Waals surface area contributed by atoms with E-state index >= 15 is 0 Å². The molecule has 0 aromatic heterocycles. The zero-order chi connectivity index (χ0) is 14.7. The van der Waals surface area contributed by atoms with Gasteiger partial charge in [0.25, 0.3) is 5.91 Å². The van der Waals surface area contributed by atoms with Crippen molar-refractivity contribution in [1.29, 1.82) is 0 Å². The first-order valence-corrected chi connectivity index (χ1v) is 6.65. The Kier molecular flexibility index (Phi) is 4.15. The normalized spacial score (nSPS) is 10.1. The molecule has 0 saturated heterocycles. The molecule has 0 spiro atoms. The number of para-hydroxylation sites is 1. The number of hydrogen-bond donors (Lipinski definition) is 1. The van der Waals surface area contributed by atoms with Crippen LogP contribution in [0, 0.1) is 6.92 Å². The zero-order valence-corrected chi connectivity index (χ0v) is 12.3. The number of hydrogen-bond acceptors (Lipinski definition) is 2. The molecule has 102 valence electrons. The van der Waals surface area contributed by atoms with Gasteiger partial charge < -0.3 is 10.6 Å². The van der Waals surface area contributed by atoms with Gasteiger partial charge in [0.15, 0.2) is 0 Å². The number of benzene rings is 2. The number of carbonyl (C=O) groups excluding carboxylic acids is 1. The van der Waals surface area contributed by atoms with Crippen LogP contribution in [0.3, 0.4) is 0 Å². The minimum absolute atomic E-state index is 0.0613. The molecule has 3 nitrogen and oxygen atoms in total. The van der Waals surface area contributed by atoms with E-state index in [1.165, 1.54) is 0 Å². The lowest BCUT2D eigenvalue weighted by molar-refractivity contribution is 0.0993. The minimum atomic E-state index is -0.0613. The van der Waals surface area contributed by atoms with Crippen LogP contribution < -0.4 is 10.6 Å². The molecule has 2 rings (SSSR count). The average Bonchev–Trinajstić information content (AvgIpc) is 2.46. The first-order valence-electron chi connectivity index (χ1n) is 6.24. The summed E-state index contributed by atoms with van der Waals surface area (Å²) < 4.78 is 0. The topological polar surface area (TPSA) is 46.3 Å². The van der Waals surface area contributed by atoms with Gasteiger partial charge in [-0.1, -0.05) is 42.5 Å². The van der Waals surface area contributed by atoms with Crippen molar-refractivity contribution in [3.8, 4) is 0 Å². The summed E-state index contributed by atoms with van der Waals surface area (Å²) in [5, 5.41) is 0. The first-order chi connectivity index (χ1) is 9.50. The van der Waals surface area contributed by atoms with Crippen molar-refractivity contribution in [2.75, 3.05) is 11.9 Å². The molecule has 0 heterocycles. The molecule has 4 heteroatoms. The number of thiocarbonyl (C=S) groups is 1. The molecule has 0 atom stereocenters. The van der Waals surface area contributed by atoms with E-state index in [9.17, 15) is 4.79 Å². The smallest absolute Gasteiger partial charge is 0.258 e. The molecule has 0 saturated carbocycles. The lowest BCUT2D eigenvalue weighted by atomic mass is 10.1. The van der Waals surface area contributed by atoms with Crippen molar-refractivity contribution in [3.05, 3.63) is 65.2 Å². The molecule has 2 aromatic rings. The number of aryl methyl sites for hydroxylation is 1. The van der Waals surface area contributed by atoms with Gasteiger partial charge in [0.05, 0.1) is 0 Å². The van der Waals surface area contributed by atoms with Crippen LogP contribution in [0.25, 0.3) is 0 Å². The Morgan fingerprint density at radius 3 is 2.15 bits per heavy atom. The minimum Gasteiger partial charge on any atom is -0.389 e. The second-order valence-corrected chi connectivity index (χ2v) is 5.03. The molecule has 2 N–H and O–H groups in total. The third kappa shape index (κ3) is 2.86. The van der Waals surface area contributed by atoms with Crippen molar-refractivity contribution in [2.24, 2.45) is 5.73 Å². The molecular weight excluding hydrogens is 268 g/mol. The molecule has 0 radical (unpaired) electrons. The monoisotopic (exact) mass is 284 g/mol. The maximum atomic E-state index is 12.4. The average molecular weight is 284 g/mol. The summed E-state index contributed by atoms with van der Waals surface area (Å²) in [4.78, 5) is 14.4. The van der Waals surface area contributed by atoms with Gasteiger partial charge in [0.1, 0.15) is 4.99 Å². The van der Waals surface area contributed by atoms with Crippen molar-refractivity contribution in [1.82, 2.24) is 0 Å². The van der Waals surface area contributed by atoms with Gasteiger partial charge in [-0.25, -0.2) is 0 Å². The van der Waals surface area contributed by atoms with Crippen LogP contribution in [0.5, 0.6) is 0 Å². The third-order valence-corrected chi connectivity index (χ3v) is 3.43. The Morgan fingerprint density at radius 1 is 1.05 bits per heavy atom. The predicted molar refractivity (Wildman–Crippen MR) is 86.2 cm³/mol. The van der Waals surface area contributed by atoms with Gasteiger partial charge in [-0.2, -0.15) is 0 Å². The van der Waals surface area contributed by atoms with Crippen LogP contribution in [-0.2, 0) is 0 Å². The van der Waals surface area contributed by atoms with Gasteiger partial charge >= 0.3 is 0 Å². The van der Waals surface area contributed by atoms with Gasteiger partial charge in [0, 0.05) is 23.9 Å². The van der Waals surface area contributed by atoms with Crippen LogP contribution >= 0.6 is 12.2 Å². The van der Waals surface area contributed by atoms with Crippen LogP contribution in [0.15, 0.2) is 48.5 Å². The fourth-order valence-electron chi connectivity index (χ4n) is 2.02. The standard InChI is InChI=1S/C16H16N2OS/c1-11-5-3-4-6-14(11)18(2)16(19)13-9-7-12(8-10-13)15(17)20/h3-10H,1-2H3,(H2,17,20). The highest BCUT2D eigenvalue weighted by molar-refractivity contribution is 7.80. The molecular formula is C16H16N2OS. The van der Waals surface area contributed by atoms with Crippen molar-refractivity contribution >= 4 is 28.8 Å². The summed E-state index contributed by atoms with van der Waals surface area (Å²) in [7, 11) is 1.77. The SMILES string of the molecule is Cc1ccccc1N(C)C(=O)c1ccc(C(N)=S)cc1. The highest BCUT2D eigenvalue weighted by atomic mass is 32.1. The van der Waals surface area contributed by atoms with E-state index in [0.717, 1.165) is 16.8 Å². The molecule has 0 aliphatic heterocycles. The van der Waals surface area contributed by atoms with Crippen molar-refractivity contribution in [2.45, 2.75) is 6.92 Å². The van der Waals surface area contributed by atoms with E-state index in [4.69, 9.17) is 18.0 Å². The Bertz CT molecular complexity index is 650. The molecule has 0 aliphatic rings. The Balaban J connectivity index is 2.27. The number of nitrogens with two attached hydrogens (primary N) is 1. The van der Waals surface area contributed by atoms with E-state index in [2.05, 4.69) is 0 Å². The molecule has 0 bridgehead atoms. The maximum absolute atomic E-state index is 12.4. The second kappa shape index (κ2) is 5.84.